The zero-order chi connectivity index (χ0) is 24.0. The van der Waals surface area contributed by atoms with E-state index in [0.717, 1.165) is 4.31 Å². The Bertz CT molecular complexity index is 1080. The molecule has 2 saturated heterocycles. The van der Waals surface area contributed by atoms with Crippen LogP contribution in [0, 0.1) is 5.92 Å². The molecule has 0 bridgehead atoms. The van der Waals surface area contributed by atoms with Gasteiger partial charge in [-0.3, -0.25) is 19.7 Å². The third-order valence-corrected chi connectivity index (χ3v) is 7.86. The highest BCUT2D eigenvalue weighted by Gasteiger charge is 2.43. The summed E-state index contributed by atoms with van der Waals surface area (Å²) in [5.74, 6) is -2.77. The van der Waals surface area contributed by atoms with E-state index in [2.05, 4.69) is 10.0 Å². The molecular formula is C20H23F3N4O5S. The Morgan fingerprint density at radius 1 is 1.09 bits per heavy atom. The molecule has 0 aromatic heterocycles. The second-order valence-electron chi connectivity index (χ2n) is 8.43. The summed E-state index contributed by atoms with van der Waals surface area (Å²) < 4.78 is 66.8. The Hall–Kier alpha value is -2.51. The molecule has 1 atom stereocenters. The SMILES string of the molecule is O=C1CCC(N2Cc3ccc(CNS(=O)(=O)N4CCC(C(F)(F)F)CC4)cc3C2=O)C(=O)N1. The monoisotopic (exact) mass is 488 g/mol. The molecule has 3 amide bonds. The molecule has 1 aromatic carbocycles. The summed E-state index contributed by atoms with van der Waals surface area (Å²) in [4.78, 5) is 37.7. The van der Waals surface area contributed by atoms with Gasteiger partial charge in [0.1, 0.15) is 6.04 Å². The Kier molecular flexibility index (Phi) is 6.22. The highest BCUT2D eigenvalue weighted by molar-refractivity contribution is 7.87. The number of carbonyl (C=O) groups is 3. The van der Waals surface area contributed by atoms with Gasteiger partial charge in [0.25, 0.3) is 16.1 Å². The van der Waals surface area contributed by atoms with Crippen LogP contribution in [-0.2, 0) is 32.9 Å². The van der Waals surface area contributed by atoms with Crippen molar-refractivity contribution in [3.05, 3.63) is 34.9 Å². The lowest BCUT2D eigenvalue weighted by Gasteiger charge is -2.32. The van der Waals surface area contributed by atoms with Crippen LogP contribution in [0.5, 0.6) is 0 Å². The van der Waals surface area contributed by atoms with Gasteiger partial charge >= 0.3 is 6.18 Å². The van der Waals surface area contributed by atoms with Crippen molar-refractivity contribution in [2.45, 2.75) is 51.0 Å². The summed E-state index contributed by atoms with van der Waals surface area (Å²) in [5.41, 5.74) is 1.54. The number of piperidine rings is 2. The van der Waals surface area contributed by atoms with Gasteiger partial charge in [0.2, 0.25) is 11.8 Å². The molecule has 0 saturated carbocycles. The molecule has 13 heteroatoms. The van der Waals surface area contributed by atoms with Gasteiger partial charge < -0.3 is 4.90 Å². The number of hydrogen-bond acceptors (Lipinski definition) is 5. The Morgan fingerprint density at radius 2 is 1.79 bits per heavy atom. The van der Waals surface area contributed by atoms with Gasteiger partial charge in [-0.05, 0) is 36.5 Å². The molecule has 3 heterocycles. The van der Waals surface area contributed by atoms with E-state index >= 15 is 0 Å². The highest BCUT2D eigenvalue weighted by atomic mass is 32.2. The molecule has 4 rings (SSSR count). The van der Waals surface area contributed by atoms with Crippen LogP contribution in [-0.4, -0.2) is 60.7 Å². The van der Waals surface area contributed by atoms with Crippen LogP contribution in [0.2, 0.25) is 0 Å². The lowest BCUT2D eigenvalue weighted by molar-refractivity contribution is -0.182. The van der Waals surface area contributed by atoms with Crippen molar-refractivity contribution in [3.8, 4) is 0 Å². The van der Waals surface area contributed by atoms with Crippen LogP contribution < -0.4 is 10.0 Å². The van der Waals surface area contributed by atoms with E-state index in [9.17, 15) is 36.0 Å². The van der Waals surface area contributed by atoms with E-state index in [-0.39, 0.29) is 63.7 Å². The van der Waals surface area contributed by atoms with Crippen molar-refractivity contribution in [3.63, 3.8) is 0 Å². The minimum atomic E-state index is -4.33. The summed E-state index contributed by atoms with van der Waals surface area (Å²) in [7, 11) is -3.98. The van der Waals surface area contributed by atoms with E-state index in [0.29, 0.717) is 16.7 Å². The van der Waals surface area contributed by atoms with Gasteiger partial charge in [-0.15, -0.1) is 0 Å². The largest absolute Gasteiger partial charge is 0.391 e. The average molecular weight is 488 g/mol. The molecule has 3 aliphatic heterocycles. The number of imide groups is 1. The molecule has 2 fully saturated rings. The van der Waals surface area contributed by atoms with Crippen LogP contribution >= 0.6 is 0 Å². The summed E-state index contributed by atoms with van der Waals surface area (Å²) in [5, 5.41) is 2.23. The molecule has 1 unspecified atom stereocenters. The van der Waals surface area contributed by atoms with E-state index in [1.807, 2.05) is 0 Å². The van der Waals surface area contributed by atoms with Crippen LogP contribution in [0.15, 0.2) is 18.2 Å². The Labute approximate surface area is 188 Å². The molecular weight excluding hydrogens is 465 g/mol. The third kappa shape index (κ3) is 4.89. The minimum absolute atomic E-state index is 0.138. The summed E-state index contributed by atoms with van der Waals surface area (Å²) in [6, 6.07) is 4.13. The minimum Gasteiger partial charge on any atom is -0.322 e. The van der Waals surface area contributed by atoms with Gasteiger partial charge in [-0.1, -0.05) is 12.1 Å². The van der Waals surface area contributed by atoms with Crippen LogP contribution in [0.25, 0.3) is 0 Å². The predicted molar refractivity (Wildman–Crippen MR) is 109 cm³/mol. The number of fused-ring (bicyclic) bond motifs is 1. The topological polar surface area (TPSA) is 116 Å². The van der Waals surface area contributed by atoms with E-state index in [4.69, 9.17) is 0 Å². The second kappa shape index (κ2) is 8.69. The van der Waals surface area contributed by atoms with Crippen molar-refractivity contribution < 1.29 is 36.0 Å². The number of amides is 3. The fourth-order valence-electron chi connectivity index (χ4n) is 4.40. The number of hydrogen-bond donors (Lipinski definition) is 2. The van der Waals surface area contributed by atoms with Crippen molar-refractivity contribution in [1.82, 2.24) is 19.2 Å². The van der Waals surface area contributed by atoms with E-state index < -0.39 is 34.3 Å². The molecule has 3 aliphatic rings. The van der Waals surface area contributed by atoms with Crippen molar-refractivity contribution in [2.24, 2.45) is 5.92 Å². The first-order chi connectivity index (χ1) is 15.5. The Balaban J connectivity index is 1.38. The van der Waals surface area contributed by atoms with Crippen molar-refractivity contribution in [1.29, 1.82) is 0 Å². The van der Waals surface area contributed by atoms with Crippen LogP contribution in [0.3, 0.4) is 0 Å². The standard InChI is InChI=1S/C20H23F3N4O5S/c21-20(22,23)14-5-7-26(8-6-14)33(31,32)24-10-12-1-2-13-11-27(19(30)15(13)9-12)16-3-4-17(28)25-18(16)29/h1-2,9,14,16,24H,3-8,10-11H2,(H,25,28,29). The number of benzene rings is 1. The summed E-state index contributed by atoms with van der Waals surface area (Å²) in [6.45, 7) is -0.368. The average Bonchev–Trinajstić information content (AvgIpc) is 3.08. The smallest absolute Gasteiger partial charge is 0.322 e. The molecule has 0 aliphatic carbocycles. The first-order valence-electron chi connectivity index (χ1n) is 10.5. The third-order valence-electron chi connectivity index (χ3n) is 6.31. The lowest BCUT2D eigenvalue weighted by atomic mass is 9.98. The number of halogens is 3. The van der Waals surface area contributed by atoms with Gasteiger partial charge in [-0.2, -0.15) is 30.6 Å². The number of nitrogens with one attached hydrogen (secondary N) is 2. The predicted octanol–water partition coefficient (Wildman–Crippen LogP) is 1.06. The number of nitrogens with zero attached hydrogens (tertiary/aromatic N) is 2. The molecule has 1 aromatic rings. The van der Waals surface area contributed by atoms with Gasteiger partial charge in [0.05, 0.1) is 5.92 Å². The van der Waals surface area contributed by atoms with Crippen LogP contribution in [0.1, 0.15) is 47.2 Å². The molecule has 9 nitrogen and oxygen atoms in total. The first kappa shape index (κ1) is 23.6. The highest BCUT2D eigenvalue weighted by Crippen LogP contribution is 2.34. The van der Waals surface area contributed by atoms with Crippen molar-refractivity contribution in [2.75, 3.05) is 13.1 Å². The fraction of sp³-hybridized carbons (Fsp3) is 0.550. The van der Waals surface area contributed by atoms with E-state index in [1.54, 1.807) is 18.2 Å². The van der Waals surface area contributed by atoms with E-state index in [1.165, 1.54) is 4.90 Å². The zero-order valence-electron chi connectivity index (χ0n) is 17.5. The number of rotatable bonds is 5. The zero-order valence-corrected chi connectivity index (χ0v) is 18.3. The molecule has 180 valence electrons. The fourth-order valence-corrected chi connectivity index (χ4v) is 5.62. The molecule has 0 spiro atoms. The normalized spacial score (nSPS) is 23.1. The maximum atomic E-state index is 12.9. The number of carbonyl (C=O) groups excluding carboxylic acids is 3. The Morgan fingerprint density at radius 3 is 2.42 bits per heavy atom. The maximum absolute atomic E-state index is 12.9. The molecule has 33 heavy (non-hydrogen) atoms. The maximum Gasteiger partial charge on any atom is 0.391 e. The summed E-state index contributed by atoms with van der Waals surface area (Å²) >= 11 is 0. The van der Waals surface area contributed by atoms with Gasteiger partial charge in [-0.25, -0.2) is 0 Å². The van der Waals surface area contributed by atoms with Gasteiger partial charge in [0, 0.05) is 38.2 Å². The summed E-state index contributed by atoms with van der Waals surface area (Å²) in [6.07, 6.45) is -4.52. The lowest BCUT2D eigenvalue weighted by Crippen LogP contribution is -2.52. The van der Waals surface area contributed by atoms with Gasteiger partial charge in [0.15, 0.2) is 0 Å². The molecule has 0 radical (unpaired) electrons. The van der Waals surface area contributed by atoms with Crippen LogP contribution in [0.4, 0.5) is 13.2 Å². The quantitative estimate of drug-likeness (QED) is 0.602. The second-order valence-corrected chi connectivity index (χ2v) is 10.2. The first-order valence-corrected chi connectivity index (χ1v) is 12.0. The molecule has 2 N–H and O–H groups in total. The number of alkyl halides is 3. The van der Waals surface area contributed by atoms with Crippen molar-refractivity contribution >= 4 is 27.9 Å².